The standard InChI is InChI=1S/C10H21NO2S/c1-8-3-5-10(6-4-8)14(12,13)7-9(2)11/h8-10H,3-7,11H2,1-2H3. The average molecular weight is 219 g/mol. The summed E-state index contributed by atoms with van der Waals surface area (Å²) < 4.78 is 23.6. The lowest BCUT2D eigenvalue weighted by Crippen LogP contribution is -2.35. The maximum absolute atomic E-state index is 11.8. The van der Waals surface area contributed by atoms with Gasteiger partial charge in [-0.15, -0.1) is 0 Å². The molecule has 1 unspecified atom stereocenters. The van der Waals surface area contributed by atoms with E-state index in [1.165, 1.54) is 0 Å². The van der Waals surface area contributed by atoms with E-state index in [9.17, 15) is 8.42 Å². The van der Waals surface area contributed by atoms with Gasteiger partial charge >= 0.3 is 0 Å². The fourth-order valence-electron chi connectivity index (χ4n) is 2.09. The lowest BCUT2D eigenvalue weighted by atomic mass is 9.91. The van der Waals surface area contributed by atoms with Gasteiger partial charge in [0.2, 0.25) is 0 Å². The molecule has 2 N–H and O–H groups in total. The normalized spacial score (nSPS) is 31.4. The minimum Gasteiger partial charge on any atom is -0.327 e. The Morgan fingerprint density at radius 3 is 2.21 bits per heavy atom. The van der Waals surface area contributed by atoms with Crippen molar-refractivity contribution in [2.24, 2.45) is 11.7 Å². The van der Waals surface area contributed by atoms with E-state index in [1.54, 1.807) is 6.92 Å². The summed E-state index contributed by atoms with van der Waals surface area (Å²) in [6.45, 7) is 3.94. The summed E-state index contributed by atoms with van der Waals surface area (Å²) in [6, 6.07) is -0.237. The largest absolute Gasteiger partial charge is 0.327 e. The zero-order chi connectivity index (χ0) is 10.8. The molecule has 3 nitrogen and oxygen atoms in total. The molecule has 1 saturated carbocycles. The molecule has 0 heterocycles. The van der Waals surface area contributed by atoms with Crippen LogP contribution >= 0.6 is 0 Å². The highest BCUT2D eigenvalue weighted by molar-refractivity contribution is 7.92. The number of hydrogen-bond acceptors (Lipinski definition) is 3. The summed E-state index contributed by atoms with van der Waals surface area (Å²) in [7, 11) is -2.93. The third-order valence-corrected chi connectivity index (χ3v) is 5.44. The molecule has 1 aliphatic carbocycles. The van der Waals surface area contributed by atoms with E-state index in [4.69, 9.17) is 5.73 Å². The molecule has 0 aromatic carbocycles. The first-order chi connectivity index (χ1) is 6.42. The van der Waals surface area contributed by atoms with E-state index in [0.717, 1.165) is 25.7 Å². The molecule has 1 atom stereocenters. The van der Waals surface area contributed by atoms with Crippen molar-refractivity contribution in [1.29, 1.82) is 0 Å². The number of rotatable bonds is 3. The third-order valence-electron chi connectivity index (χ3n) is 2.97. The Balaban J connectivity index is 2.56. The van der Waals surface area contributed by atoms with Gasteiger partial charge in [0.1, 0.15) is 0 Å². The first kappa shape index (κ1) is 12.0. The minimum absolute atomic E-state index is 0.121. The summed E-state index contributed by atoms with van der Waals surface area (Å²) in [5.74, 6) is 0.836. The van der Waals surface area contributed by atoms with Gasteiger partial charge in [-0.2, -0.15) is 0 Å². The monoisotopic (exact) mass is 219 g/mol. The van der Waals surface area contributed by atoms with Crippen molar-refractivity contribution in [3.8, 4) is 0 Å². The van der Waals surface area contributed by atoms with Crippen LogP contribution in [0.5, 0.6) is 0 Å². The van der Waals surface area contributed by atoms with Crippen LogP contribution in [0.25, 0.3) is 0 Å². The summed E-state index contributed by atoms with van der Waals surface area (Å²) in [5.41, 5.74) is 5.53. The minimum atomic E-state index is -2.93. The van der Waals surface area contributed by atoms with Crippen molar-refractivity contribution in [1.82, 2.24) is 0 Å². The molecule has 0 aliphatic heterocycles. The highest BCUT2D eigenvalue weighted by Gasteiger charge is 2.29. The van der Waals surface area contributed by atoms with E-state index < -0.39 is 9.84 Å². The first-order valence-electron chi connectivity index (χ1n) is 5.39. The molecule has 1 rings (SSSR count). The molecular weight excluding hydrogens is 198 g/mol. The van der Waals surface area contributed by atoms with Crippen molar-refractivity contribution in [2.45, 2.75) is 50.8 Å². The Kier molecular flexibility index (Phi) is 3.95. The van der Waals surface area contributed by atoms with Gasteiger partial charge in [0.05, 0.1) is 11.0 Å². The average Bonchev–Trinajstić information content (AvgIpc) is 2.02. The summed E-state index contributed by atoms with van der Waals surface area (Å²) >= 11 is 0. The Morgan fingerprint density at radius 1 is 1.29 bits per heavy atom. The SMILES string of the molecule is CC(N)CS(=O)(=O)C1CCC(C)CC1. The Morgan fingerprint density at radius 2 is 1.79 bits per heavy atom. The van der Waals surface area contributed by atoms with Crippen molar-refractivity contribution in [3.63, 3.8) is 0 Å². The third kappa shape index (κ3) is 3.24. The maximum atomic E-state index is 11.8. The molecule has 0 radical (unpaired) electrons. The fourth-order valence-corrected chi connectivity index (χ4v) is 4.09. The molecule has 0 aromatic heterocycles. The molecule has 0 saturated heterocycles. The maximum Gasteiger partial charge on any atom is 0.154 e. The van der Waals surface area contributed by atoms with Crippen molar-refractivity contribution in [2.75, 3.05) is 5.75 Å². The van der Waals surface area contributed by atoms with E-state index in [2.05, 4.69) is 6.92 Å². The second-order valence-corrected chi connectivity index (χ2v) is 7.01. The topological polar surface area (TPSA) is 60.2 Å². The zero-order valence-corrected chi connectivity index (χ0v) is 9.89. The summed E-state index contributed by atoms with van der Waals surface area (Å²) in [6.07, 6.45) is 3.75. The van der Waals surface area contributed by atoms with E-state index in [1.807, 2.05) is 0 Å². The highest BCUT2D eigenvalue weighted by atomic mass is 32.2. The van der Waals surface area contributed by atoms with E-state index in [-0.39, 0.29) is 17.0 Å². The molecule has 0 spiro atoms. The van der Waals surface area contributed by atoms with Gasteiger partial charge in [-0.3, -0.25) is 0 Å². The van der Waals surface area contributed by atoms with Crippen LogP contribution < -0.4 is 5.73 Å². The van der Waals surface area contributed by atoms with Crippen LogP contribution in [-0.4, -0.2) is 25.5 Å². The van der Waals surface area contributed by atoms with Gasteiger partial charge in [0, 0.05) is 6.04 Å². The first-order valence-corrected chi connectivity index (χ1v) is 7.10. The molecule has 0 amide bonds. The second kappa shape index (κ2) is 4.62. The highest BCUT2D eigenvalue weighted by Crippen LogP contribution is 2.28. The van der Waals surface area contributed by atoms with Crippen LogP contribution in [-0.2, 0) is 9.84 Å². The van der Waals surface area contributed by atoms with Gasteiger partial charge in [0.15, 0.2) is 9.84 Å². The second-order valence-electron chi connectivity index (χ2n) is 4.69. The Bertz CT molecular complexity index is 264. The van der Waals surface area contributed by atoms with Gasteiger partial charge in [-0.05, 0) is 38.5 Å². The van der Waals surface area contributed by atoms with Crippen molar-refractivity contribution >= 4 is 9.84 Å². The van der Waals surface area contributed by atoms with Gasteiger partial charge < -0.3 is 5.73 Å². The number of hydrogen-bond donors (Lipinski definition) is 1. The number of sulfone groups is 1. The van der Waals surface area contributed by atoms with Crippen LogP contribution in [0.15, 0.2) is 0 Å². The van der Waals surface area contributed by atoms with Crippen molar-refractivity contribution in [3.05, 3.63) is 0 Å². The smallest absolute Gasteiger partial charge is 0.154 e. The Labute approximate surface area is 87.0 Å². The lowest BCUT2D eigenvalue weighted by Gasteiger charge is -2.26. The lowest BCUT2D eigenvalue weighted by molar-refractivity contribution is 0.382. The van der Waals surface area contributed by atoms with Crippen LogP contribution in [0.2, 0.25) is 0 Å². The molecule has 14 heavy (non-hydrogen) atoms. The molecule has 84 valence electrons. The molecule has 4 heteroatoms. The van der Waals surface area contributed by atoms with Crippen LogP contribution in [0.3, 0.4) is 0 Å². The fraction of sp³-hybridized carbons (Fsp3) is 1.00. The van der Waals surface area contributed by atoms with Crippen LogP contribution in [0, 0.1) is 5.92 Å². The number of nitrogens with two attached hydrogens (primary N) is 1. The predicted octanol–water partition coefficient (Wildman–Crippen LogP) is 1.33. The van der Waals surface area contributed by atoms with E-state index in [0.29, 0.717) is 5.92 Å². The predicted molar refractivity (Wildman–Crippen MR) is 58.9 cm³/mol. The Hall–Kier alpha value is -0.0900. The molecular formula is C10H21NO2S. The van der Waals surface area contributed by atoms with Crippen LogP contribution in [0.1, 0.15) is 39.5 Å². The summed E-state index contributed by atoms with van der Waals surface area (Å²) in [4.78, 5) is 0. The molecule has 0 aromatic rings. The molecule has 1 fully saturated rings. The molecule has 1 aliphatic rings. The quantitative estimate of drug-likeness (QED) is 0.779. The van der Waals surface area contributed by atoms with E-state index >= 15 is 0 Å². The zero-order valence-electron chi connectivity index (χ0n) is 9.07. The van der Waals surface area contributed by atoms with Crippen molar-refractivity contribution < 1.29 is 8.42 Å². The summed E-state index contributed by atoms with van der Waals surface area (Å²) in [5, 5.41) is -0.121. The van der Waals surface area contributed by atoms with Gasteiger partial charge in [-0.25, -0.2) is 8.42 Å². The van der Waals surface area contributed by atoms with Gasteiger partial charge in [0.25, 0.3) is 0 Å². The molecule has 0 bridgehead atoms. The van der Waals surface area contributed by atoms with Crippen LogP contribution in [0.4, 0.5) is 0 Å². The van der Waals surface area contributed by atoms with Gasteiger partial charge in [-0.1, -0.05) is 6.92 Å².